The number of carbonyl (C=O) groups excluding carboxylic acids is 1. The van der Waals surface area contributed by atoms with Gasteiger partial charge in [-0.3, -0.25) is 4.79 Å². The van der Waals surface area contributed by atoms with Crippen molar-refractivity contribution in [3.63, 3.8) is 0 Å². The Kier molecular flexibility index (Phi) is 5.18. The van der Waals surface area contributed by atoms with Crippen molar-refractivity contribution in [1.29, 1.82) is 0 Å². The summed E-state index contributed by atoms with van der Waals surface area (Å²) in [6.07, 6.45) is 0.0956. The first kappa shape index (κ1) is 13.4. The predicted molar refractivity (Wildman–Crippen MR) is 58.6 cm³/mol. The van der Waals surface area contributed by atoms with Crippen molar-refractivity contribution in [3.05, 3.63) is 0 Å². The van der Waals surface area contributed by atoms with Gasteiger partial charge in [-0.1, -0.05) is 6.92 Å². The first-order valence-electron chi connectivity index (χ1n) is 5.83. The van der Waals surface area contributed by atoms with Gasteiger partial charge in [0, 0.05) is 31.4 Å². The number of amides is 1. The molecule has 0 radical (unpaired) electrons. The summed E-state index contributed by atoms with van der Waals surface area (Å²) < 4.78 is 0. The Labute approximate surface area is 95.5 Å². The highest BCUT2D eigenvalue weighted by molar-refractivity contribution is 5.75. The lowest BCUT2D eigenvalue weighted by atomic mass is 10.0. The second kappa shape index (κ2) is 6.18. The molecule has 5 heteroatoms. The van der Waals surface area contributed by atoms with E-state index in [0.29, 0.717) is 19.4 Å². The Morgan fingerprint density at radius 3 is 2.44 bits per heavy atom. The quantitative estimate of drug-likeness (QED) is 0.501. The van der Waals surface area contributed by atoms with Crippen LogP contribution in [0.5, 0.6) is 0 Å². The van der Waals surface area contributed by atoms with E-state index in [1.807, 2.05) is 6.92 Å². The van der Waals surface area contributed by atoms with Gasteiger partial charge in [0.2, 0.25) is 5.91 Å². The fraction of sp³-hybridized carbons (Fsp3) is 0.909. The molecule has 1 aliphatic rings. The predicted octanol–water partition coefficient (Wildman–Crippen LogP) is -0.747. The van der Waals surface area contributed by atoms with Gasteiger partial charge in [0.05, 0.1) is 12.2 Å². The summed E-state index contributed by atoms with van der Waals surface area (Å²) in [6.45, 7) is 2.17. The smallest absolute Gasteiger partial charge is 0.219 e. The lowest BCUT2D eigenvalue weighted by Gasteiger charge is -2.17. The van der Waals surface area contributed by atoms with Crippen LogP contribution in [0.15, 0.2) is 0 Å². The molecular weight excluding hydrogens is 210 g/mol. The van der Waals surface area contributed by atoms with E-state index in [9.17, 15) is 15.0 Å². The highest BCUT2D eigenvalue weighted by Crippen LogP contribution is 2.30. The molecule has 0 bridgehead atoms. The van der Waals surface area contributed by atoms with Gasteiger partial charge >= 0.3 is 0 Å². The van der Waals surface area contributed by atoms with Crippen molar-refractivity contribution in [3.8, 4) is 0 Å². The van der Waals surface area contributed by atoms with E-state index >= 15 is 0 Å². The van der Waals surface area contributed by atoms with Gasteiger partial charge in [-0.15, -0.1) is 0 Å². The standard InChI is InChI=1S/C11H21NO4/c1-2-3-9(14)12-5-7-4-8(6-13)11(16)10(7)15/h7-8,10-11,13,15-16H,2-6H2,1H3,(H,12,14)/t7-,8-,10-,11-/m1/s1. The van der Waals surface area contributed by atoms with E-state index in [1.165, 1.54) is 0 Å². The molecule has 0 saturated heterocycles. The van der Waals surface area contributed by atoms with Crippen molar-refractivity contribution in [2.24, 2.45) is 11.8 Å². The molecule has 0 aliphatic heterocycles. The maximum absolute atomic E-state index is 11.2. The Hall–Kier alpha value is -0.650. The Bertz CT molecular complexity index is 234. The summed E-state index contributed by atoms with van der Waals surface area (Å²) in [5, 5.41) is 31.0. The third-order valence-electron chi connectivity index (χ3n) is 3.19. The lowest BCUT2D eigenvalue weighted by molar-refractivity contribution is -0.121. The minimum Gasteiger partial charge on any atom is -0.396 e. The normalized spacial score (nSPS) is 34.0. The van der Waals surface area contributed by atoms with E-state index < -0.39 is 12.2 Å². The van der Waals surface area contributed by atoms with E-state index in [4.69, 9.17) is 5.11 Å². The molecule has 4 N–H and O–H groups in total. The summed E-state index contributed by atoms with van der Waals surface area (Å²) in [5.74, 6) is -0.465. The molecule has 4 atom stereocenters. The van der Waals surface area contributed by atoms with E-state index in [-0.39, 0.29) is 24.3 Å². The van der Waals surface area contributed by atoms with E-state index in [2.05, 4.69) is 5.32 Å². The van der Waals surface area contributed by atoms with Crippen molar-refractivity contribution in [2.45, 2.75) is 38.4 Å². The van der Waals surface area contributed by atoms with Crippen molar-refractivity contribution in [1.82, 2.24) is 5.32 Å². The van der Waals surface area contributed by atoms with Crippen LogP contribution in [0.2, 0.25) is 0 Å². The van der Waals surface area contributed by atoms with E-state index in [1.54, 1.807) is 0 Å². The van der Waals surface area contributed by atoms with Crippen LogP contribution >= 0.6 is 0 Å². The highest BCUT2D eigenvalue weighted by Gasteiger charge is 2.40. The van der Waals surface area contributed by atoms with Crippen LogP contribution in [0.1, 0.15) is 26.2 Å². The van der Waals surface area contributed by atoms with Gasteiger partial charge < -0.3 is 20.6 Å². The number of carbonyl (C=O) groups is 1. The van der Waals surface area contributed by atoms with Crippen LogP contribution in [-0.2, 0) is 4.79 Å². The summed E-state index contributed by atoms with van der Waals surface area (Å²) in [6, 6.07) is 0. The Balaban J connectivity index is 2.35. The van der Waals surface area contributed by atoms with Gasteiger partial charge in [-0.05, 0) is 12.8 Å². The third-order valence-corrected chi connectivity index (χ3v) is 3.19. The van der Waals surface area contributed by atoms with Gasteiger partial charge in [0.1, 0.15) is 0 Å². The van der Waals surface area contributed by atoms with Crippen molar-refractivity contribution in [2.75, 3.05) is 13.2 Å². The molecular formula is C11H21NO4. The first-order chi connectivity index (χ1) is 7.60. The fourth-order valence-electron chi connectivity index (χ4n) is 2.17. The van der Waals surface area contributed by atoms with Crippen LogP contribution in [0.4, 0.5) is 0 Å². The number of nitrogens with one attached hydrogen (secondary N) is 1. The molecule has 0 aromatic carbocycles. The highest BCUT2D eigenvalue weighted by atomic mass is 16.3. The van der Waals surface area contributed by atoms with Gasteiger partial charge in [-0.2, -0.15) is 0 Å². The summed E-state index contributed by atoms with van der Waals surface area (Å²) in [5.41, 5.74) is 0. The van der Waals surface area contributed by atoms with Crippen LogP contribution in [-0.4, -0.2) is 46.6 Å². The van der Waals surface area contributed by atoms with Gasteiger partial charge in [0.15, 0.2) is 0 Å². The van der Waals surface area contributed by atoms with Crippen molar-refractivity contribution >= 4 is 5.91 Å². The van der Waals surface area contributed by atoms with Crippen molar-refractivity contribution < 1.29 is 20.1 Å². The monoisotopic (exact) mass is 231 g/mol. The molecule has 1 aliphatic carbocycles. The fourth-order valence-corrected chi connectivity index (χ4v) is 2.17. The zero-order valence-corrected chi connectivity index (χ0v) is 9.59. The van der Waals surface area contributed by atoms with Crippen LogP contribution in [0.3, 0.4) is 0 Å². The van der Waals surface area contributed by atoms with Gasteiger partial charge in [-0.25, -0.2) is 0 Å². The molecule has 1 amide bonds. The molecule has 1 fully saturated rings. The summed E-state index contributed by atoms with van der Waals surface area (Å²) >= 11 is 0. The maximum atomic E-state index is 11.2. The first-order valence-corrected chi connectivity index (χ1v) is 5.83. The molecule has 0 aromatic heterocycles. The molecule has 0 aromatic rings. The topological polar surface area (TPSA) is 89.8 Å². The Morgan fingerprint density at radius 2 is 1.94 bits per heavy atom. The molecule has 1 rings (SSSR count). The third kappa shape index (κ3) is 3.17. The molecule has 5 nitrogen and oxygen atoms in total. The average Bonchev–Trinajstić information content (AvgIpc) is 2.54. The number of aliphatic hydroxyl groups excluding tert-OH is 3. The molecule has 1 saturated carbocycles. The number of hydrogen-bond donors (Lipinski definition) is 4. The van der Waals surface area contributed by atoms with Crippen LogP contribution < -0.4 is 5.32 Å². The number of rotatable bonds is 5. The average molecular weight is 231 g/mol. The maximum Gasteiger partial charge on any atom is 0.219 e. The van der Waals surface area contributed by atoms with Gasteiger partial charge in [0.25, 0.3) is 0 Å². The number of aliphatic hydroxyl groups is 3. The SMILES string of the molecule is CCCC(=O)NC[C@H]1C[C@H](CO)[C@@H](O)[C@@H]1O. The molecule has 0 unspecified atom stereocenters. The van der Waals surface area contributed by atoms with E-state index in [0.717, 1.165) is 6.42 Å². The molecule has 0 heterocycles. The molecule has 0 spiro atoms. The Morgan fingerprint density at radius 1 is 1.31 bits per heavy atom. The second-order valence-corrected chi connectivity index (χ2v) is 4.47. The molecule has 16 heavy (non-hydrogen) atoms. The number of hydrogen-bond acceptors (Lipinski definition) is 4. The molecule has 94 valence electrons. The van der Waals surface area contributed by atoms with Crippen LogP contribution in [0.25, 0.3) is 0 Å². The van der Waals surface area contributed by atoms with Crippen LogP contribution in [0, 0.1) is 11.8 Å². The lowest BCUT2D eigenvalue weighted by Crippen LogP contribution is -2.35. The second-order valence-electron chi connectivity index (χ2n) is 4.47. The minimum absolute atomic E-state index is 0.0309. The zero-order valence-electron chi connectivity index (χ0n) is 9.59. The minimum atomic E-state index is -0.877. The largest absolute Gasteiger partial charge is 0.396 e. The summed E-state index contributed by atoms with van der Waals surface area (Å²) in [4.78, 5) is 11.2. The zero-order chi connectivity index (χ0) is 12.1. The summed E-state index contributed by atoms with van der Waals surface area (Å²) in [7, 11) is 0.